The monoisotopic (exact) mass is 136 g/mol. The Morgan fingerprint density at radius 1 is 1.80 bits per heavy atom. The Morgan fingerprint density at radius 2 is 2.60 bits per heavy atom. The second-order valence-corrected chi connectivity index (χ2v) is 1.62. The largest absolute Gasteiger partial charge is 0.403 e. The van der Waals surface area contributed by atoms with E-state index < -0.39 is 0 Å². The summed E-state index contributed by atoms with van der Waals surface area (Å²) >= 11 is 0. The van der Waals surface area contributed by atoms with E-state index in [4.69, 9.17) is 5.73 Å². The van der Waals surface area contributed by atoms with Crippen LogP contribution in [0.2, 0.25) is 0 Å². The number of hydrogen-bond acceptors (Lipinski definition) is 3. The number of nitrogens with zero attached hydrogens (tertiary/aromatic N) is 2. The molecule has 3 N–H and O–H groups in total. The minimum Gasteiger partial charge on any atom is -0.403 e. The zero-order valence-corrected chi connectivity index (χ0v) is 5.41. The number of hydrogen-bond donors (Lipinski definition) is 2. The first-order valence-corrected chi connectivity index (χ1v) is 2.78. The van der Waals surface area contributed by atoms with Crippen molar-refractivity contribution in [2.75, 3.05) is 0 Å². The van der Waals surface area contributed by atoms with E-state index >= 15 is 0 Å². The summed E-state index contributed by atoms with van der Waals surface area (Å²) in [4.78, 5) is 7.72. The second kappa shape index (κ2) is 2.82. The van der Waals surface area contributed by atoms with Gasteiger partial charge < -0.3 is 11.1 Å². The molecule has 0 bridgehead atoms. The van der Waals surface area contributed by atoms with Gasteiger partial charge in [-0.3, -0.25) is 0 Å². The van der Waals surface area contributed by atoms with Crippen molar-refractivity contribution in [2.45, 2.75) is 0 Å². The van der Waals surface area contributed by atoms with Crippen molar-refractivity contribution in [2.24, 2.45) is 15.7 Å². The maximum absolute atomic E-state index is 5.23. The first-order valence-electron chi connectivity index (χ1n) is 2.78. The molecule has 0 amide bonds. The van der Waals surface area contributed by atoms with E-state index in [0.717, 1.165) is 0 Å². The highest BCUT2D eigenvalue weighted by atomic mass is 15.1. The van der Waals surface area contributed by atoms with Crippen molar-refractivity contribution in [1.29, 1.82) is 0 Å². The lowest BCUT2D eigenvalue weighted by Gasteiger charge is -1.92. The molecule has 0 aromatic heterocycles. The van der Waals surface area contributed by atoms with Crippen molar-refractivity contribution in [3.8, 4) is 0 Å². The van der Waals surface area contributed by atoms with Gasteiger partial charge in [0, 0.05) is 12.4 Å². The summed E-state index contributed by atoms with van der Waals surface area (Å²) in [6.07, 6.45) is 4.36. The van der Waals surface area contributed by atoms with Crippen LogP contribution in [0.25, 0.3) is 0 Å². The first kappa shape index (κ1) is 6.54. The molecule has 0 atom stereocenters. The van der Waals surface area contributed by atoms with Gasteiger partial charge in [0.15, 0.2) is 5.84 Å². The van der Waals surface area contributed by atoms with E-state index in [1.165, 1.54) is 18.7 Å². The van der Waals surface area contributed by atoms with Crippen LogP contribution in [0, 0.1) is 0 Å². The summed E-state index contributed by atoms with van der Waals surface area (Å²) in [5.74, 6) is 0.567. The predicted molar refractivity (Wildman–Crippen MR) is 41.5 cm³/mol. The van der Waals surface area contributed by atoms with E-state index in [9.17, 15) is 0 Å². The van der Waals surface area contributed by atoms with Crippen molar-refractivity contribution in [1.82, 2.24) is 5.32 Å². The maximum atomic E-state index is 5.23. The molecule has 1 rings (SSSR count). The Balaban J connectivity index is 2.86. The van der Waals surface area contributed by atoms with E-state index in [-0.39, 0.29) is 0 Å². The fraction of sp³-hybridized carbons (Fsp3) is 0. The third-order valence-electron chi connectivity index (χ3n) is 1.03. The summed E-state index contributed by atoms with van der Waals surface area (Å²) in [5.41, 5.74) is 5.94. The molecule has 1 aliphatic rings. The second-order valence-electron chi connectivity index (χ2n) is 1.62. The van der Waals surface area contributed by atoms with Gasteiger partial charge in [-0.2, -0.15) is 0 Å². The van der Waals surface area contributed by atoms with Gasteiger partial charge in [-0.1, -0.05) is 6.58 Å². The van der Waals surface area contributed by atoms with E-state index in [2.05, 4.69) is 21.9 Å². The standard InChI is InChI=1S/C6H8N4/c1-2-8-6-5(3-7)9-4-10-6/h2-4H,1,7H2,(H,8,9,10)/b5-3+. The van der Waals surface area contributed by atoms with Crippen LogP contribution < -0.4 is 11.1 Å². The van der Waals surface area contributed by atoms with E-state index in [0.29, 0.717) is 11.5 Å². The number of aliphatic imine (C=N–C) groups is 2. The van der Waals surface area contributed by atoms with Crippen LogP contribution in [0.4, 0.5) is 0 Å². The van der Waals surface area contributed by atoms with Crippen molar-refractivity contribution in [3.63, 3.8) is 0 Å². The Labute approximate surface area is 58.9 Å². The Morgan fingerprint density at radius 3 is 3.20 bits per heavy atom. The van der Waals surface area contributed by atoms with Crippen LogP contribution in [0.5, 0.6) is 0 Å². The smallest absolute Gasteiger partial charge is 0.178 e. The minimum atomic E-state index is 0.567. The normalized spacial score (nSPS) is 23.6. The molecule has 0 aliphatic carbocycles. The molecule has 0 radical (unpaired) electrons. The summed E-state index contributed by atoms with van der Waals surface area (Å²) < 4.78 is 0. The van der Waals surface area contributed by atoms with Gasteiger partial charge in [-0.25, -0.2) is 9.98 Å². The topological polar surface area (TPSA) is 62.8 Å². The Kier molecular flexibility index (Phi) is 1.84. The van der Waals surface area contributed by atoms with Crippen LogP contribution in [0.15, 0.2) is 34.7 Å². The van der Waals surface area contributed by atoms with Gasteiger partial charge in [-0.05, 0) is 0 Å². The van der Waals surface area contributed by atoms with Gasteiger partial charge in [-0.15, -0.1) is 0 Å². The van der Waals surface area contributed by atoms with E-state index in [1.807, 2.05) is 0 Å². The van der Waals surface area contributed by atoms with Gasteiger partial charge in [0.05, 0.1) is 6.34 Å². The zero-order valence-electron chi connectivity index (χ0n) is 5.41. The van der Waals surface area contributed by atoms with Crippen molar-refractivity contribution < 1.29 is 0 Å². The Bertz CT molecular complexity index is 224. The van der Waals surface area contributed by atoms with Gasteiger partial charge in [0.2, 0.25) is 0 Å². The molecular formula is C6H8N4. The molecule has 0 aromatic carbocycles. The van der Waals surface area contributed by atoms with Crippen LogP contribution in [-0.4, -0.2) is 12.2 Å². The highest BCUT2D eigenvalue weighted by Gasteiger charge is 2.07. The Hall–Kier alpha value is -1.58. The molecule has 0 fully saturated rings. The average molecular weight is 136 g/mol. The molecule has 4 nitrogen and oxygen atoms in total. The van der Waals surface area contributed by atoms with Crippen LogP contribution >= 0.6 is 0 Å². The molecule has 0 saturated carbocycles. The quantitative estimate of drug-likeness (QED) is 0.531. The molecule has 4 heteroatoms. The molecule has 1 aliphatic heterocycles. The van der Waals surface area contributed by atoms with Gasteiger partial charge in [0.25, 0.3) is 0 Å². The maximum Gasteiger partial charge on any atom is 0.178 e. The fourth-order valence-electron chi connectivity index (χ4n) is 0.609. The minimum absolute atomic E-state index is 0.567. The van der Waals surface area contributed by atoms with Crippen LogP contribution in [0.1, 0.15) is 0 Å². The number of nitrogens with one attached hydrogen (secondary N) is 1. The number of nitrogens with two attached hydrogens (primary N) is 1. The summed E-state index contributed by atoms with van der Waals surface area (Å²) in [7, 11) is 0. The first-order chi connectivity index (χ1) is 4.88. The molecule has 0 saturated heterocycles. The number of amidine groups is 1. The third kappa shape index (κ3) is 1.05. The number of rotatable bonds is 1. The lowest BCUT2D eigenvalue weighted by atomic mass is 10.4. The zero-order chi connectivity index (χ0) is 7.40. The fourth-order valence-corrected chi connectivity index (χ4v) is 0.609. The lowest BCUT2D eigenvalue weighted by molar-refractivity contribution is 1.25. The molecule has 0 unspecified atom stereocenters. The summed E-state index contributed by atoms with van der Waals surface area (Å²) in [6, 6.07) is 0. The lowest BCUT2D eigenvalue weighted by Crippen LogP contribution is -2.10. The van der Waals surface area contributed by atoms with Crippen LogP contribution in [-0.2, 0) is 0 Å². The summed E-state index contributed by atoms with van der Waals surface area (Å²) in [6.45, 7) is 3.44. The predicted octanol–water partition coefficient (Wildman–Crippen LogP) is -0.0400. The SMILES string of the molecule is C=C/N=C1/N=CN/C1=C/N. The average Bonchev–Trinajstić information content (AvgIpc) is 2.36. The van der Waals surface area contributed by atoms with Gasteiger partial charge in [0.1, 0.15) is 5.70 Å². The molecule has 52 valence electrons. The highest BCUT2D eigenvalue weighted by molar-refractivity contribution is 6.08. The van der Waals surface area contributed by atoms with Gasteiger partial charge >= 0.3 is 0 Å². The summed E-state index contributed by atoms with van der Waals surface area (Å²) in [5, 5.41) is 2.81. The molecule has 1 heterocycles. The highest BCUT2D eigenvalue weighted by Crippen LogP contribution is 1.98. The van der Waals surface area contributed by atoms with Crippen molar-refractivity contribution >= 4 is 12.2 Å². The molecular weight excluding hydrogens is 128 g/mol. The third-order valence-corrected chi connectivity index (χ3v) is 1.03. The van der Waals surface area contributed by atoms with E-state index in [1.54, 1.807) is 0 Å². The van der Waals surface area contributed by atoms with Crippen LogP contribution in [0.3, 0.4) is 0 Å². The molecule has 0 aromatic rings. The molecule has 10 heavy (non-hydrogen) atoms. The van der Waals surface area contributed by atoms with Crippen molar-refractivity contribution in [3.05, 3.63) is 24.7 Å². The molecule has 0 spiro atoms.